The van der Waals surface area contributed by atoms with E-state index in [1.807, 2.05) is 26.0 Å². The fourth-order valence-electron chi connectivity index (χ4n) is 5.16. The fraction of sp³-hybridized carbons (Fsp3) is 0.462. The van der Waals surface area contributed by atoms with Gasteiger partial charge >= 0.3 is 0 Å². The van der Waals surface area contributed by atoms with Crippen LogP contribution in [0, 0.1) is 0 Å². The predicted octanol–water partition coefficient (Wildman–Crippen LogP) is 3.85. The number of ether oxygens (including phenoxy) is 1. The first-order chi connectivity index (χ1) is 15.1. The summed E-state index contributed by atoms with van der Waals surface area (Å²) in [7, 11) is 0. The molecule has 1 aromatic heterocycles. The Morgan fingerprint density at radius 3 is 2.84 bits per heavy atom. The Bertz CT molecular complexity index is 1170. The van der Waals surface area contributed by atoms with E-state index in [0.29, 0.717) is 13.0 Å². The van der Waals surface area contributed by atoms with Crippen molar-refractivity contribution in [3.8, 4) is 5.75 Å². The highest BCUT2D eigenvalue weighted by atomic mass is 16.5. The summed E-state index contributed by atoms with van der Waals surface area (Å²) in [5, 5.41) is 4.05. The van der Waals surface area contributed by atoms with Gasteiger partial charge in [-0.25, -0.2) is 0 Å². The molecule has 32 heavy (non-hydrogen) atoms. The molecule has 1 aromatic carbocycles. The van der Waals surface area contributed by atoms with Crippen molar-refractivity contribution in [3.05, 3.63) is 47.7 Å². The Balaban J connectivity index is 1.60. The quantitative estimate of drug-likeness (QED) is 0.720. The maximum Gasteiger partial charge on any atom is 0.246 e. The number of fused-ring (bicyclic) bond motifs is 3. The molecule has 3 aliphatic heterocycles. The summed E-state index contributed by atoms with van der Waals surface area (Å²) in [5.41, 5.74) is 3.34. The summed E-state index contributed by atoms with van der Waals surface area (Å²) in [4.78, 5) is 31.2. The molecule has 2 N–H and O–H groups in total. The molecule has 6 heteroatoms. The summed E-state index contributed by atoms with van der Waals surface area (Å²) in [6, 6.07) is 3.30. The number of aromatic amines is 1. The molecule has 2 fully saturated rings. The molecule has 168 valence electrons. The minimum atomic E-state index is -0.558. The van der Waals surface area contributed by atoms with Crippen LogP contribution in [-0.4, -0.2) is 45.9 Å². The Labute approximate surface area is 188 Å². The molecule has 5 rings (SSSR count). The van der Waals surface area contributed by atoms with E-state index in [4.69, 9.17) is 4.74 Å². The molecule has 0 radical (unpaired) electrons. The second-order valence-electron chi connectivity index (χ2n) is 10.3. The largest absolute Gasteiger partial charge is 0.483 e. The number of carbonyl (C=O) groups is 2. The van der Waals surface area contributed by atoms with Gasteiger partial charge in [-0.3, -0.25) is 9.59 Å². The number of carbonyl (C=O) groups excluding carboxylic acids is 2. The predicted molar refractivity (Wildman–Crippen MR) is 126 cm³/mol. The van der Waals surface area contributed by atoms with Crippen LogP contribution >= 0.6 is 0 Å². The second-order valence-corrected chi connectivity index (χ2v) is 10.3. The lowest BCUT2D eigenvalue weighted by atomic mass is 9.84. The molecule has 2 atom stereocenters. The molecule has 4 heterocycles. The van der Waals surface area contributed by atoms with Crippen LogP contribution < -0.4 is 10.1 Å². The third kappa shape index (κ3) is 3.24. The molecular weight excluding hydrogens is 402 g/mol. The van der Waals surface area contributed by atoms with Gasteiger partial charge in [0.05, 0.1) is 0 Å². The van der Waals surface area contributed by atoms with Gasteiger partial charge in [0.2, 0.25) is 11.8 Å². The lowest BCUT2D eigenvalue weighted by Crippen LogP contribution is -2.61. The van der Waals surface area contributed by atoms with E-state index in [0.717, 1.165) is 46.3 Å². The number of nitrogens with one attached hydrogen (secondary N) is 2. The third-order valence-electron chi connectivity index (χ3n) is 7.09. The lowest BCUT2D eigenvalue weighted by Gasteiger charge is -2.35. The van der Waals surface area contributed by atoms with Crippen LogP contribution in [0.15, 0.2) is 30.9 Å². The zero-order chi connectivity index (χ0) is 22.8. The maximum absolute atomic E-state index is 13.2. The first-order valence-corrected chi connectivity index (χ1v) is 11.4. The van der Waals surface area contributed by atoms with Crippen molar-refractivity contribution >= 4 is 28.8 Å². The molecule has 0 aliphatic carbocycles. The van der Waals surface area contributed by atoms with Gasteiger partial charge in [0.1, 0.15) is 23.4 Å². The van der Waals surface area contributed by atoms with Crippen LogP contribution in [0.5, 0.6) is 5.75 Å². The number of rotatable bonds is 4. The van der Waals surface area contributed by atoms with Crippen LogP contribution in [0.25, 0.3) is 17.0 Å². The van der Waals surface area contributed by atoms with Crippen LogP contribution in [-0.2, 0) is 21.4 Å². The average molecular weight is 434 g/mol. The van der Waals surface area contributed by atoms with Gasteiger partial charge in [0.15, 0.2) is 0 Å². The second kappa shape index (κ2) is 6.99. The number of hydrogen-bond donors (Lipinski definition) is 2. The Morgan fingerprint density at radius 1 is 1.31 bits per heavy atom. The molecule has 6 nitrogen and oxygen atoms in total. The first-order valence-electron chi connectivity index (χ1n) is 11.4. The SMILES string of the molecule is C=CC(C)(C)c1[nH]c2cc3c(cc2c1C[C@H]1NC(=O)[C@@H]2CCCN2C1=O)C=CC(C)(C)O3. The van der Waals surface area contributed by atoms with Crippen molar-refractivity contribution in [2.75, 3.05) is 6.54 Å². The summed E-state index contributed by atoms with van der Waals surface area (Å²) in [5.74, 6) is 0.821. The minimum absolute atomic E-state index is 0.0201. The zero-order valence-corrected chi connectivity index (χ0v) is 19.2. The number of nitrogens with zero attached hydrogens (tertiary/aromatic N) is 1. The van der Waals surface area contributed by atoms with Gasteiger partial charge in [0, 0.05) is 46.6 Å². The third-order valence-corrected chi connectivity index (χ3v) is 7.09. The molecular formula is C26H31N3O3. The molecule has 2 amide bonds. The van der Waals surface area contributed by atoms with Gasteiger partial charge in [-0.1, -0.05) is 26.0 Å². The van der Waals surface area contributed by atoms with Crippen LogP contribution in [0.3, 0.4) is 0 Å². The summed E-state index contributed by atoms with van der Waals surface area (Å²) >= 11 is 0. The number of allylic oxidation sites excluding steroid dienone is 1. The monoisotopic (exact) mass is 433 g/mol. The van der Waals surface area contributed by atoms with E-state index >= 15 is 0 Å². The highest BCUT2D eigenvalue weighted by Gasteiger charge is 2.43. The standard InChI is InChI=1S/C26H31N3O3/c1-6-25(2,3)22-17(13-19-24(31)29-11-7-8-20(29)23(30)28-19)16-12-15-9-10-26(4,5)32-21(15)14-18(16)27-22/h6,9-10,12,14,19-20,27H,1,7-8,11,13H2,2-5H3,(H,28,30)/t19-,20+/m1/s1. The van der Waals surface area contributed by atoms with Gasteiger partial charge < -0.3 is 19.9 Å². The van der Waals surface area contributed by atoms with E-state index in [1.54, 1.807) is 4.90 Å². The summed E-state index contributed by atoms with van der Waals surface area (Å²) < 4.78 is 6.17. The van der Waals surface area contributed by atoms with Gasteiger partial charge in [-0.15, -0.1) is 6.58 Å². The number of amides is 2. The minimum Gasteiger partial charge on any atom is -0.483 e. The highest BCUT2D eigenvalue weighted by molar-refractivity contribution is 5.98. The van der Waals surface area contributed by atoms with Crippen molar-refractivity contribution in [2.24, 2.45) is 0 Å². The smallest absolute Gasteiger partial charge is 0.246 e. The number of hydrogen-bond acceptors (Lipinski definition) is 3. The molecule has 0 saturated carbocycles. The van der Waals surface area contributed by atoms with E-state index < -0.39 is 6.04 Å². The van der Waals surface area contributed by atoms with Crippen molar-refractivity contribution in [2.45, 2.75) is 70.1 Å². The highest BCUT2D eigenvalue weighted by Crippen LogP contribution is 2.39. The van der Waals surface area contributed by atoms with Crippen LogP contribution in [0.2, 0.25) is 0 Å². The normalized spacial score (nSPS) is 24.2. The van der Waals surface area contributed by atoms with E-state index in [9.17, 15) is 9.59 Å². The number of benzene rings is 1. The molecule has 3 aliphatic rings. The molecule has 0 bridgehead atoms. The number of piperazine rings is 1. The lowest BCUT2D eigenvalue weighted by molar-refractivity contribution is -0.146. The Morgan fingerprint density at radius 2 is 2.09 bits per heavy atom. The molecule has 2 aromatic rings. The Hall–Kier alpha value is -3.02. The molecule has 0 spiro atoms. The fourth-order valence-corrected chi connectivity index (χ4v) is 5.16. The van der Waals surface area contributed by atoms with Crippen molar-refractivity contribution in [3.63, 3.8) is 0 Å². The number of H-pyrrole nitrogens is 1. The van der Waals surface area contributed by atoms with Gasteiger partial charge in [-0.2, -0.15) is 0 Å². The zero-order valence-electron chi connectivity index (χ0n) is 19.2. The van der Waals surface area contributed by atoms with Gasteiger partial charge in [-0.05, 0) is 44.4 Å². The number of aromatic nitrogens is 1. The topological polar surface area (TPSA) is 74.4 Å². The molecule has 0 unspecified atom stereocenters. The Kier molecular flexibility index (Phi) is 4.56. The van der Waals surface area contributed by atoms with Crippen molar-refractivity contribution in [1.82, 2.24) is 15.2 Å². The summed E-state index contributed by atoms with van der Waals surface area (Å²) in [6.45, 7) is 13.0. The van der Waals surface area contributed by atoms with Crippen LogP contribution in [0.1, 0.15) is 57.4 Å². The molecule has 2 saturated heterocycles. The first kappa shape index (κ1) is 20.9. The maximum atomic E-state index is 13.2. The van der Waals surface area contributed by atoms with Crippen molar-refractivity contribution < 1.29 is 14.3 Å². The van der Waals surface area contributed by atoms with Crippen LogP contribution in [0.4, 0.5) is 0 Å². The van der Waals surface area contributed by atoms with E-state index in [1.165, 1.54) is 0 Å². The van der Waals surface area contributed by atoms with E-state index in [2.05, 4.69) is 48.9 Å². The van der Waals surface area contributed by atoms with Crippen molar-refractivity contribution in [1.29, 1.82) is 0 Å². The van der Waals surface area contributed by atoms with E-state index in [-0.39, 0.29) is 28.9 Å². The summed E-state index contributed by atoms with van der Waals surface area (Å²) in [6.07, 6.45) is 8.14. The average Bonchev–Trinajstić information content (AvgIpc) is 3.36. The van der Waals surface area contributed by atoms with Gasteiger partial charge in [0.25, 0.3) is 0 Å².